The Morgan fingerprint density at radius 1 is 1.35 bits per heavy atom. The lowest BCUT2D eigenvalue weighted by Crippen LogP contribution is -2.01. The van der Waals surface area contributed by atoms with Gasteiger partial charge in [0.2, 0.25) is 5.88 Å². The molecule has 0 saturated heterocycles. The summed E-state index contributed by atoms with van der Waals surface area (Å²) in [5, 5.41) is 0. The maximum Gasteiger partial charge on any atom is 0.223 e. The molecular weight excluding hydrogens is 280 g/mol. The van der Waals surface area contributed by atoms with Crippen LogP contribution in [0, 0.1) is 6.92 Å². The molecule has 4 heteroatoms. The Morgan fingerprint density at radius 2 is 2.18 bits per heavy atom. The van der Waals surface area contributed by atoms with E-state index in [0.29, 0.717) is 12.4 Å². The van der Waals surface area contributed by atoms with E-state index in [4.69, 9.17) is 10.5 Å². The van der Waals surface area contributed by atoms with E-state index in [-0.39, 0.29) is 0 Å². The van der Waals surface area contributed by atoms with Crippen molar-refractivity contribution in [1.82, 2.24) is 4.98 Å². The largest absolute Gasteiger partial charge is 0.439 e. The van der Waals surface area contributed by atoms with Crippen molar-refractivity contribution in [3.63, 3.8) is 0 Å². The number of halogens is 1. The Balaban J connectivity index is 2.29. The van der Waals surface area contributed by atoms with Crippen LogP contribution in [0.5, 0.6) is 11.6 Å². The molecule has 17 heavy (non-hydrogen) atoms. The highest BCUT2D eigenvalue weighted by atomic mass is 79.9. The summed E-state index contributed by atoms with van der Waals surface area (Å²) in [7, 11) is 0. The van der Waals surface area contributed by atoms with Crippen molar-refractivity contribution >= 4 is 15.9 Å². The van der Waals surface area contributed by atoms with Gasteiger partial charge in [0.25, 0.3) is 0 Å². The number of rotatable bonds is 3. The Hall–Kier alpha value is -1.39. The molecule has 0 spiro atoms. The van der Waals surface area contributed by atoms with Gasteiger partial charge >= 0.3 is 0 Å². The molecule has 2 N–H and O–H groups in total. The van der Waals surface area contributed by atoms with Gasteiger partial charge in [0.1, 0.15) is 5.75 Å². The van der Waals surface area contributed by atoms with E-state index in [0.717, 1.165) is 21.3 Å². The molecular formula is C13H13BrN2O. The zero-order valence-corrected chi connectivity index (χ0v) is 11.1. The van der Waals surface area contributed by atoms with Gasteiger partial charge in [-0.3, -0.25) is 0 Å². The molecule has 1 heterocycles. The summed E-state index contributed by atoms with van der Waals surface area (Å²) in [6.45, 7) is 2.42. The highest BCUT2D eigenvalue weighted by Gasteiger charge is 2.06. The summed E-state index contributed by atoms with van der Waals surface area (Å²) in [6, 6.07) is 9.75. The first kappa shape index (κ1) is 12.1. The summed E-state index contributed by atoms with van der Waals surface area (Å²) >= 11 is 3.36. The van der Waals surface area contributed by atoms with E-state index in [1.165, 1.54) is 0 Å². The van der Waals surface area contributed by atoms with Crippen LogP contribution in [-0.4, -0.2) is 4.98 Å². The fraction of sp³-hybridized carbons (Fsp3) is 0.154. The second-order valence-corrected chi connectivity index (χ2v) is 4.66. The number of aromatic nitrogens is 1. The fourth-order valence-electron chi connectivity index (χ4n) is 1.50. The van der Waals surface area contributed by atoms with Gasteiger partial charge < -0.3 is 10.5 Å². The first-order valence-corrected chi connectivity index (χ1v) is 6.07. The average Bonchev–Trinajstić information content (AvgIpc) is 2.31. The second-order valence-electron chi connectivity index (χ2n) is 3.74. The van der Waals surface area contributed by atoms with Gasteiger partial charge in [-0.1, -0.05) is 12.1 Å². The van der Waals surface area contributed by atoms with Gasteiger partial charge in [-0.05, 0) is 46.6 Å². The van der Waals surface area contributed by atoms with Crippen molar-refractivity contribution in [2.24, 2.45) is 5.73 Å². The summed E-state index contributed by atoms with van der Waals surface area (Å²) in [6.07, 6.45) is 1.70. The lowest BCUT2D eigenvalue weighted by atomic mass is 10.2. The maximum absolute atomic E-state index is 5.72. The van der Waals surface area contributed by atoms with E-state index in [1.807, 2.05) is 37.3 Å². The molecule has 0 amide bonds. The molecule has 0 fully saturated rings. The normalized spacial score (nSPS) is 10.3. The molecule has 0 bridgehead atoms. The first-order chi connectivity index (χ1) is 8.19. The standard InChI is InChI=1S/C13H13BrN2O/c1-9-3-2-4-12(5-9)17-13-10(7-15)6-11(14)8-16-13/h2-6,8H,7,15H2,1H3. The third kappa shape index (κ3) is 3.05. The third-order valence-corrected chi connectivity index (χ3v) is 2.75. The predicted molar refractivity (Wildman–Crippen MR) is 71.1 cm³/mol. The minimum atomic E-state index is 0.396. The molecule has 0 atom stereocenters. The Bertz CT molecular complexity index is 529. The minimum absolute atomic E-state index is 0.396. The van der Waals surface area contributed by atoms with Crippen molar-refractivity contribution in [3.8, 4) is 11.6 Å². The molecule has 0 aliphatic heterocycles. The summed E-state index contributed by atoms with van der Waals surface area (Å²) in [5.41, 5.74) is 7.69. The molecule has 0 aliphatic rings. The smallest absolute Gasteiger partial charge is 0.223 e. The van der Waals surface area contributed by atoms with Crippen LogP contribution in [-0.2, 0) is 6.54 Å². The number of hydrogen-bond donors (Lipinski definition) is 1. The summed E-state index contributed by atoms with van der Waals surface area (Å²) < 4.78 is 6.62. The van der Waals surface area contributed by atoms with Gasteiger partial charge in [-0.2, -0.15) is 0 Å². The molecule has 88 valence electrons. The molecule has 0 radical (unpaired) electrons. The van der Waals surface area contributed by atoms with Gasteiger partial charge in [-0.25, -0.2) is 4.98 Å². The van der Waals surface area contributed by atoms with Crippen molar-refractivity contribution in [1.29, 1.82) is 0 Å². The number of nitrogens with zero attached hydrogens (tertiary/aromatic N) is 1. The van der Waals surface area contributed by atoms with Crippen molar-refractivity contribution < 1.29 is 4.74 Å². The summed E-state index contributed by atoms with van der Waals surface area (Å²) in [5.74, 6) is 1.33. The number of nitrogens with two attached hydrogens (primary N) is 1. The SMILES string of the molecule is Cc1cccc(Oc2ncc(Br)cc2CN)c1. The molecule has 0 saturated carbocycles. The average molecular weight is 293 g/mol. The fourth-order valence-corrected chi connectivity index (χ4v) is 1.88. The van der Waals surface area contributed by atoms with Gasteiger partial charge in [0.05, 0.1) is 0 Å². The number of benzene rings is 1. The molecule has 0 unspecified atom stereocenters. The molecule has 1 aromatic heterocycles. The van der Waals surface area contributed by atoms with Crippen molar-refractivity contribution in [2.45, 2.75) is 13.5 Å². The minimum Gasteiger partial charge on any atom is -0.439 e. The van der Waals surface area contributed by atoms with E-state index >= 15 is 0 Å². The van der Waals surface area contributed by atoms with Gasteiger partial charge in [0, 0.05) is 22.8 Å². The van der Waals surface area contributed by atoms with E-state index in [9.17, 15) is 0 Å². The Morgan fingerprint density at radius 3 is 2.88 bits per heavy atom. The van der Waals surface area contributed by atoms with E-state index in [1.54, 1.807) is 6.20 Å². The second kappa shape index (κ2) is 5.29. The number of hydrogen-bond acceptors (Lipinski definition) is 3. The number of aryl methyl sites for hydroxylation is 1. The van der Waals surface area contributed by atoms with Crippen molar-refractivity contribution in [3.05, 3.63) is 52.1 Å². The maximum atomic E-state index is 5.72. The third-order valence-electron chi connectivity index (χ3n) is 2.32. The number of pyridine rings is 1. The zero-order chi connectivity index (χ0) is 12.3. The van der Waals surface area contributed by atoms with Crippen molar-refractivity contribution in [2.75, 3.05) is 0 Å². The van der Waals surface area contributed by atoms with Crippen LogP contribution in [0.2, 0.25) is 0 Å². The topological polar surface area (TPSA) is 48.1 Å². The van der Waals surface area contributed by atoms with E-state index < -0.39 is 0 Å². The molecule has 1 aromatic carbocycles. The lowest BCUT2D eigenvalue weighted by molar-refractivity contribution is 0.456. The van der Waals surface area contributed by atoms with Crippen LogP contribution in [0.15, 0.2) is 41.0 Å². The quantitative estimate of drug-likeness (QED) is 0.943. The van der Waals surface area contributed by atoms with Crippen LogP contribution in [0.3, 0.4) is 0 Å². The summed E-state index contributed by atoms with van der Waals surface area (Å²) in [4.78, 5) is 4.22. The molecule has 0 aliphatic carbocycles. The zero-order valence-electron chi connectivity index (χ0n) is 9.48. The van der Waals surface area contributed by atoms with Crippen LogP contribution < -0.4 is 10.5 Å². The van der Waals surface area contributed by atoms with Crippen LogP contribution in [0.1, 0.15) is 11.1 Å². The Kier molecular flexibility index (Phi) is 3.76. The Labute approximate surface area is 109 Å². The van der Waals surface area contributed by atoms with Gasteiger partial charge in [0.15, 0.2) is 0 Å². The molecule has 3 nitrogen and oxygen atoms in total. The monoisotopic (exact) mass is 292 g/mol. The van der Waals surface area contributed by atoms with Crippen LogP contribution in [0.25, 0.3) is 0 Å². The lowest BCUT2D eigenvalue weighted by Gasteiger charge is -2.09. The highest BCUT2D eigenvalue weighted by Crippen LogP contribution is 2.25. The predicted octanol–water partition coefficient (Wildman–Crippen LogP) is 3.40. The van der Waals surface area contributed by atoms with Gasteiger partial charge in [-0.15, -0.1) is 0 Å². The first-order valence-electron chi connectivity index (χ1n) is 5.28. The molecule has 2 rings (SSSR count). The van der Waals surface area contributed by atoms with Crippen LogP contribution in [0.4, 0.5) is 0 Å². The van der Waals surface area contributed by atoms with E-state index in [2.05, 4.69) is 20.9 Å². The van der Waals surface area contributed by atoms with Crippen LogP contribution >= 0.6 is 15.9 Å². The highest BCUT2D eigenvalue weighted by molar-refractivity contribution is 9.10. The molecule has 2 aromatic rings. The number of ether oxygens (including phenoxy) is 1.